The first-order valence-corrected chi connectivity index (χ1v) is 4.72. The molecule has 7 heteroatoms. The molecule has 1 heterocycles. The number of nitro benzene ring substituents is 1. The summed E-state index contributed by atoms with van der Waals surface area (Å²) in [4.78, 5) is 39.5. The van der Waals surface area contributed by atoms with Gasteiger partial charge in [-0.1, -0.05) is 0 Å². The highest BCUT2D eigenvalue weighted by atomic mass is 16.6. The van der Waals surface area contributed by atoms with Crippen LogP contribution in [0.5, 0.6) is 0 Å². The van der Waals surface area contributed by atoms with E-state index in [0.717, 1.165) is 0 Å². The predicted molar refractivity (Wildman–Crippen MR) is 54.9 cm³/mol. The molecule has 7 nitrogen and oxygen atoms in total. The van der Waals surface area contributed by atoms with E-state index in [2.05, 4.69) is 9.98 Å². The van der Waals surface area contributed by atoms with Crippen molar-refractivity contribution in [1.29, 1.82) is 0 Å². The molecule has 2 rings (SSSR count). The first-order chi connectivity index (χ1) is 7.91. The Balaban J connectivity index is 3.04. The summed E-state index contributed by atoms with van der Waals surface area (Å²) in [6.45, 7) is 3.19. The van der Waals surface area contributed by atoms with E-state index in [4.69, 9.17) is 0 Å². The van der Waals surface area contributed by atoms with E-state index in [1.54, 1.807) is 19.9 Å². The maximum absolute atomic E-state index is 11.1. The van der Waals surface area contributed by atoms with Crippen LogP contribution in [0.15, 0.2) is 16.1 Å². The van der Waals surface area contributed by atoms with Crippen LogP contribution in [-0.4, -0.2) is 16.7 Å². The quantitative estimate of drug-likeness (QED) is 0.371. The molecule has 1 aliphatic heterocycles. The zero-order chi connectivity index (χ0) is 12.7. The van der Waals surface area contributed by atoms with Crippen LogP contribution in [0.3, 0.4) is 0 Å². The Kier molecular flexibility index (Phi) is 2.31. The Labute approximate surface area is 94.7 Å². The van der Waals surface area contributed by atoms with Gasteiger partial charge in [-0.15, -0.1) is 0 Å². The molecule has 0 saturated carbocycles. The Morgan fingerprint density at radius 2 is 1.59 bits per heavy atom. The monoisotopic (exact) mass is 233 g/mol. The fraction of sp³-hybridized carbons (Fsp3) is 0.200. The molecule has 0 bridgehead atoms. The van der Waals surface area contributed by atoms with Crippen molar-refractivity contribution < 1.29 is 14.5 Å². The van der Waals surface area contributed by atoms with Crippen molar-refractivity contribution in [1.82, 2.24) is 0 Å². The molecule has 0 aliphatic carbocycles. The van der Waals surface area contributed by atoms with Crippen molar-refractivity contribution in [3.63, 3.8) is 0 Å². The Morgan fingerprint density at radius 1 is 1.06 bits per heavy atom. The summed E-state index contributed by atoms with van der Waals surface area (Å²) >= 11 is 0. The molecule has 0 atom stereocenters. The molecule has 0 saturated heterocycles. The summed E-state index contributed by atoms with van der Waals surface area (Å²) < 4.78 is 0. The van der Waals surface area contributed by atoms with Gasteiger partial charge < -0.3 is 0 Å². The summed E-state index contributed by atoms with van der Waals surface area (Å²) in [5, 5.41) is 10.9. The summed E-state index contributed by atoms with van der Waals surface area (Å²) in [6.07, 6.45) is 0. The van der Waals surface area contributed by atoms with Gasteiger partial charge in [0.15, 0.2) is 5.36 Å². The largest absolute Gasteiger partial charge is 0.338 e. The molecule has 0 N–H and O–H groups in total. The van der Waals surface area contributed by atoms with Crippen LogP contribution in [-0.2, 0) is 9.59 Å². The van der Waals surface area contributed by atoms with Gasteiger partial charge in [0.25, 0.3) is 5.69 Å². The number of aryl methyl sites for hydroxylation is 2. The lowest BCUT2D eigenvalue weighted by Gasteiger charge is -2.03. The van der Waals surface area contributed by atoms with Crippen LogP contribution in [0.1, 0.15) is 11.1 Å². The molecule has 1 aliphatic rings. The summed E-state index contributed by atoms with van der Waals surface area (Å²) in [6, 6.07) is 1.54. The summed E-state index contributed by atoms with van der Waals surface area (Å²) in [5.41, 5.74) is 0.676. The standard InChI is InChI=1S/C10H7N3O4/c1-4-3-5(2)8(13(16)17)7-6(4)11-9(14)10(15)12-7/h3H,1-2H3. The Hall–Kier alpha value is -2.44. The topological polar surface area (TPSA) is 102 Å². The first-order valence-electron chi connectivity index (χ1n) is 4.72. The normalized spacial score (nSPS) is 13.8. The lowest BCUT2D eigenvalue weighted by Crippen LogP contribution is -2.38. The zero-order valence-electron chi connectivity index (χ0n) is 9.05. The van der Waals surface area contributed by atoms with Gasteiger partial charge in [-0.2, -0.15) is 4.99 Å². The number of nitrogens with zero attached hydrogens (tertiary/aromatic N) is 3. The van der Waals surface area contributed by atoms with Gasteiger partial charge in [-0.25, -0.2) is 4.99 Å². The van der Waals surface area contributed by atoms with Gasteiger partial charge in [-0.05, 0) is 25.5 Å². The third-order valence-electron chi connectivity index (χ3n) is 2.42. The second-order valence-corrected chi connectivity index (χ2v) is 3.65. The SMILES string of the molecule is Cc1cc(C)c2c(c1[N+](=O)[O-])=NC(=O)C(=O)N=2. The van der Waals surface area contributed by atoms with Crippen LogP contribution in [0, 0.1) is 24.0 Å². The fourth-order valence-corrected chi connectivity index (χ4v) is 1.72. The molecule has 0 unspecified atom stereocenters. The maximum Gasteiger partial charge on any atom is 0.338 e. The number of amides is 2. The van der Waals surface area contributed by atoms with E-state index >= 15 is 0 Å². The van der Waals surface area contributed by atoms with Crippen molar-refractivity contribution in [3.8, 4) is 0 Å². The van der Waals surface area contributed by atoms with Crippen molar-refractivity contribution >= 4 is 17.5 Å². The molecule has 2 amide bonds. The molecule has 0 aromatic heterocycles. The van der Waals surface area contributed by atoms with Crippen molar-refractivity contribution in [2.75, 3.05) is 0 Å². The van der Waals surface area contributed by atoms with Gasteiger partial charge >= 0.3 is 11.8 Å². The van der Waals surface area contributed by atoms with E-state index < -0.39 is 16.7 Å². The number of hydrogen-bond acceptors (Lipinski definition) is 4. The summed E-state index contributed by atoms with van der Waals surface area (Å²) in [5.74, 6) is -2.08. The molecule has 1 aromatic carbocycles. The van der Waals surface area contributed by atoms with Crippen molar-refractivity contribution in [3.05, 3.63) is 38.0 Å². The number of carbonyl (C=O) groups excluding carboxylic acids is 2. The second kappa shape index (κ2) is 3.55. The number of rotatable bonds is 1. The fourth-order valence-electron chi connectivity index (χ4n) is 1.72. The first kappa shape index (κ1) is 11.1. The molecule has 17 heavy (non-hydrogen) atoms. The van der Waals surface area contributed by atoms with E-state index in [-0.39, 0.29) is 16.4 Å². The smallest absolute Gasteiger partial charge is 0.261 e. The van der Waals surface area contributed by atoms with E-state index in [9.17, 15) is 19.7 Å². The third kappa shape index (κ3) is 1.61. The molecule has 1 aromatic rings. The number of benzene rings is 1. The molecule has 0 fully saturated rings. The van der Waals surface area contributed by atoms with Gasteiger partial charge in [0.05, 0.1) is 4.92 Å². The molecule has 86 valence electrons. The van der Waals surface area contributed by atoms with Crippen LogP contribution >= 0.6 is 0 Å². The highest BCUT2D eigenvalue weighted by Gasteiger charge is 2.24. The van der Waals surface area contributed by atoms with Crippen molar-refractivity contribution in [2.45, 2.75) is 13.8 Å². The van der Waals surface area contributed by atoms with E-state index in [1.807, 2.05) is 0 Å². The lowest BCUT2D eigenvalue weighted by atomic mass is 10.1. The van der Waals surface area contributed by atoms with Crippen LogP contribution in [0.25, 0.3) is 0 Å². The predicted octanol–water partition coefficient (Wildman–Crippen LogP) is -0.482. The van der Waals surface area contributed by atoms with Gasteiger partial charge in [0.1, 0.15) is 5.36 Å². The minimum absolute atomic E-state index is 0.104. The minimum atomic E-state index is -1.08. The maximum atomic E-state index is 11.1. The summed E-state index contributed by atoms with van der Waals surface area (Å²) in [7, 11) is 0. The zero-order valence-corrected chi connectivity index (χ0v) is 9.05. The van der Waals surface area contributed by atoms with Gasteiger partial charge in [0.2, 0.25) is 0 Å². The van der Waals surface area contributed by atoms with Gasteiger partial charge in [0, 0.05) is 5.56 Å². The Morgan fingerprint density at radius 3 is 2.12 bits per heavy atom. The number of hydrogen-bond donors (Lipinski definition) is 0. The lowest BCUT2D eigenvalue weighted by molar-refractivity contribution is -0.386. The van der Waals surface area contributed by atoms with Gasteiger partial charge in [-0.3, -0.25) is 19.7 Å². The third-order valence-corrected chi connectivity index (χ3v) is 2.42. The minimum Gasteiger partial charge on any atom is -0.261 e. The molecule has 0 radical (unpaired) electrons. The van der Waals surface area contributed by atoms with E-state index in [0.29, 0.717) is 11.1 Å². The van der Waals surface area contributed by atoms with E-state index in [1.165, 1.54) is 0 Å². The average Bonchev–Trinajstić information content (AvgIpc) is 2.20. The van der Waals surface area contributed by atoms with Crippen LogP contribution in [0.2, 0.25) is 0 Å². The van der Waals surface area contributed by atoms with Crippen LogP contribution < -0.4 is 10.7 Å². The Bertz CT molecular complexity index is 690. The second-order valence-electron chi connectivity index (χ2n) is 3.65. The number of nitro groups is 1. The highest BCUT2D eigenvalue weighted by molar-refractivity contribution is 6.36. The molecular formula is C10H7N3O4. The highest BCUT2D eigenvalue weighted by Crippen LogP contribution is 2.11. The van der Waals surface area contributed by atoms with Crippen LogP contribution in [0.4, 0.5) is 5.69 Å². The van der Waals surface area contributed by atoms with Crippen molar-refractivity contribution in [2.24, 2.45) is 9.98 Å². The number of carbonyl (C=O) groups is 2. The average molecular weight is 233 g/mol. The molecular weight excluding hydrogens is 226 g/mol. The number of fused-ring (bicyclic) bond motifs is 1. The molecule has 0 spiro atoms.